The van der Waals surface area contributed by atoms with Crippen LogP contribution in [0.25, 0.3) is 0 Å². The summed E-state index contributed by atoms with van der Waals surface area (Å²) in [5, 5.41) is 9.14. The van der Waals surface area contributed by atoms with Gasteiger partial charge in [-0.25, -0.2) is 0 Å². The molecule has 0 bridgehead atoms. The molecule has 0 spiro atoms. The number of hydrogen-bond donors (Lipinski definition) is 1. The second-order valence-electron chi connectivity index (χ2n) is 4.73. The zero-order valence-electron chi connectivity index (χ0n) is 10.1. The van der Waals surface area contributed by atoms with Crippen molar-refractivity contribution in [3.8, 4) is 0 Å². The third kappa shape index (κ3) is 1.66. The van der Waals surface area contributed by atoms with E-state index in [0.717, 1.165) is 6.08 Å². The molecule has 1 aliphatic rings. The largest absolute Gasteiger partial charge is 0.481 e. The van der Waals surface area contributed by atoms with Gasteiger partial charge in [0.25, 0.3) is 0 Å². The highest BCUT2D eigenvalue weighted by Crippen LogP contribution is 2.33. The molecule has 0 atom stereocenters. The number of Topliss-reactive ketones (excluding diaryl/α,β-unsaturated/α-hetero) is 1. The van der Waals surface area contributed by atoms with Gasteiger partial charge in [0.1, 0.15) is 0 Å². The predicted molar refractivity (Wildman–Crippen MR) is 64.6 cm³/mol. The summed E-state index contributed by atoms with van der Waals surface area (Å²) in [7, 11) is 0. The van der Waals surface area contributed by atoms with E-state index in [1.165, 1.54) is 13.8 Å². The Balaban J connectivity index is 2.60. The van der Waals surface area contributed by atoms with E-state index in [4.69, 9.17) is 5.11 Å². The molecule has 1 aromatic carbocycles. The number of hydrogen-bond acceptors (Lipinski definition) is 3. The number of rotatable bonds is 2. The molecule has 0 aliphatic heterocycles. The van der Waals surface area contributed by atoms with Gasteiger partial charge in [-0.1, -0.05) is 24.3 Å². The summed E-state index contributed by atoms with van der Waals surface area (Å²) in [6.45, 7) is 2.83. The molecule has 0 radical (unpaired) electrons. The molecule has 1 aromatic rings. The number of aliphatic carboxylic acids is 1. The Hall–Kier alpha value is -2.23. The smallest absolute Gasteiger partial charge is 0.313 e. The third-order valence-electron chi connectivity index (χ3n) is 3.17. The first-order chi connectivity index (χ1) is 8.35. The van der Waals surface area contributed by atoms with Gasteiger partial charge in [-0.3, -0.25) is 14.4 Å². The second-order valence-corrected chi connectivity index (χ2v) is 4.73. The van der Waals surface area contributed by atoms with Crippen LogP contribution in [0, 0.1) is 5.41 Å². The summed E-state index contributed by atoms with van der Waals surface area (Å²) in [6.07, 6.45) is 1.14. The monoisotopic (exact) mass is 244 g/mol. The molecule has 92 valence electrons. The van der Waals surface area contributed by atoms with Crippen molar-refractivity contribution in [3.63, 3.8) is 0 Å². The Labute approximate surface area is 104 Å². The van der Waals surface area contributed by atoms with Crippen LogP contribution in [0.1, 0.15) is 34.6 Å². The zero-order valence-corrected chi connectivity index (χ0v) is 10.1. The standard InChI is InChI=1S/C14H12O4/c1-14(2,13(17)18)10-7-11(15)8-5-3-4-6-9(8)12(10)16/h3-7H,1-2H3,(H,17,18). The Morgan fingerprint density at radius 1 is 1.11 bits per heavy atom. The van der Waals surface area contributed by atoms with Crippen LogP contribution in [0.2, 0.25) is 0 Å². The van der Waals surface area contributed by atoms with E-state index < -0.39 is 17.2 Å². The highest BCUT2D eigenvalue weighted by Gasteiger charge is 2.39. The van der Waals surface area contributed by atoms with Crippen LogP contribution in [0.3, 0.4) is 0 Å². The molecule has 0 aromatic heterocycles. The summed E-state index contributed by atoms with van der Waals surface area (Å²) < 4.78 is 0. The molecular formula is C14H12O4. The van der Waals surface area contributed by atoms with Crippen molar-refractivity contribution < 1.29 is 19.5 Å². The fourth-order valence-electron chi connectivity index (χ4n) is 1.89. The van der Waals surface area contributed by atoms with E-state index in [2.05, 4.69) is 0 Å². The van der Waals surface area contributed by atoms with E-state index in [-0.39, 0.29) is 16.9 Å². The van der Waals surface area contributed by atoms with Crippen molar-refractivity contribution >= 4 is 17.5 Å². The fourth-order valence-corrected chi connectivity index (χ4v) is 1.89. The van der Waals surface area contributed by atoms with Gasteiger partial charge >= 0.3 is 5.97 Å². The van der Waals surface area contributed by atoms with Crippen LogP contribution in [-0.2, 0) is 4.79 Å². The fraction of sp³-hybridized carbons (Fsp3) is 0.214. The summed E-state index contributed by atoms with van der Waals surface area (Å²) in [5.74, 6) is -1.85. The first-order valence-electron chi connectivity index (χ1n) is 5.49. The molecule has 0 unspecified atom stereocenters. The van der Waals surface area contributed by atoms with Crippen LogP contribution < -0.4 is 0 Å². The predicted octanol–water partition coefficient (Wildman–Crippen LogP) is 2.10. The molecule has 0 saturated carbocycles. The van der Waals surface area contributed by atoms with E-state index in [1.807, 2.05) is 0 Å². The zero-order chi connectivity index (χ0) is 13.5. The normalized spacial score (nSPS) is 15.1. The maximum absolute atomic E-state index is 12.2. The number of carbonyl (C=O) groups excluding carboxylic acids is 2. The quantitative estimate of drug-likeness (QED) is 0.864. The molecule has 0 heterocycles. The van der Waals surface area contributed by atoms with Gasteiger partial charge in [0.05, 0.1) is 5.41 Å². The van der Waals surface area contributed by atoms with Crippen LogP contribution in [0.4, 0.5) is 0 Å². The first-order valence-corrected chi connectivity index (χ1v) is 5.49. The SMILES string of the molecule is CC(C)(C(=O)O)C1=CC(=O)c2ccccc2C1=O. The van der Waals surface area contributed by atoms with Gasteiger partial charge in [0.15, 0.2) is 11.6 Å². The van der Waals surface area contributed by atoms with Crippen molar-refractivity contribution in [2.75, 3.05) is 0 Å². The number of ketones is 2. The maximum Gasteiger partial charge on any atom is 0.313 e. The molecule has 0 fully saturated rings. The van der Waals surface area contributed by atoms with Crippen molar-refractivity contribution in [1.29, 1.82) is 0 Å². The topological polar surface area (TPSA) is 71.4 Å². The van der Waals surface area contributed by atoms with Crippen LogP contribution in [0.15, 0.2) is 35.9 Å². The minimum Gasteiger partial charge on any atom is -0.481 e. The maximum atomic E-state index is 12.2. The average molecular weight is 244 g/mol. The Bertz CT molecular complexity index is 594. The van der Waals surface area contributed by atoms with Gasteiger partial charge in [-0.2, -0.15) is 0 Å². The summed E-state index contributed by atoms with van der Waals surface area (Å²) in [5.41, 5.74) is -0.749. The number of carboxylic acids is 1. The van der Waals surface area contributed by atoms with Crippen LogP contribution in [-0.4, -0.2) is 22.6 Å². The van der Waals surface area contributed by atoms with Gasteiger partial charge in [0.2, 0.25) is 0 Å². The number of allylic oxidation sites excluding steroid dienone is 1. The van der Waals surface area contributed by atoms with Gasteiger partial charge in [0, 0.05) is 16.7 Å². The Kier molecular flexibility index (Phi) is 2.66. The number of benzene rings is 1. The van der Waals surface area contributed by atoms with E-state index in [1.54, 1.807) is 24.3 Å². The minimum absolute atomic E-state index is 0.0266. The molecule has 1 N–H and O–H groups in total. The first kappa shape index (κ1) is 12.2. The number of carboxylic acid groups (broad SMARTS) is 1. The molecule has 0 amide bonds. The third-order valence-corrected chi connectivity index (χ3v) is 3.17. The van der Waals surface area contributed by atoms with Crippen molar-refractivity contribution in [2.24, 2.45) is 5.41 Å². The lowest BCUT2D eigenvalue weighted by molar-refractivity contribution is -0.144. The van der Waals surface area contributed by atoms with Crippen molar-refractivity contribution in [1.82, 2.24) is 0 Å². The van der Waals surface area contributed by atoms with Crippen molar-refractivity contribution in [2.45, 2.75) is 13.8 Å². The lowest BCUT2D eigenvalue weighted by atomic mass is 9.75. The number of carbonyl (C=O) groups is 3. The molecule has 4 heteroatoms. The number of fused-ring (bicyclic) bond motifs is 1. The highest BCUT2D eigenvalue weighted by atomic mass is 16.4. The van der Waals surface area contributed by atoms with Gasteiger partial charge < -0.3 is 5.11 Å². The minimum atomic E-state index is -1.37. The molecular weight excluding hydrogens is 232 g/mol. The van der Waals surface area contributed by atoms with Gasteiger partial charge in [-0.15, -0.1) is 0 Å². The van der Waals surface area contributed by atoms with E-state index in [0.29, 0.717) is 5.56 Å². The second kappa shape index (κ2) is 3.91. The van der Waals surface area contributed by atoms with Crippen LogP contribution >= 0.6 is 0 Å². The lowest BCUT2D eigenvalue weighted by Gasteiger charge is -2.25. The molecule has 18 heavy (non-hydrogen) atoms. The van der Waals surface area contributed by atoms with E-state index in [9.17, 15) is 14.4 Å². The molecule has 2 rings (SSSR count). The summed E-state index contributed by atoms with van der Waals surface area (Å²) in [4.78, 5) is 35.3. The Morgan fingerprint density at radius 3 is 2.22 bits per heavy atom. The average Bonchev–Trinajstić information content (AvgIpc) is 2.33. The van der Waals surface area contributed by atoms with Crippen LogP contribution in [0.5, 0.6) is 0 Å². The Morgan fingerprint density at radius 2 is 1.67 bits per heavy atom. The molecule has 1 aliphatic carbocycles. The molecule has 0 saturated heterocycles. The van der Waals surface area contributed by atoms with Crippen molar-refractivity contribution in [3.05, 3.63) is 47.0 Å². The summed E-state index contributed by atoms with van der Waals surface area (Å²) in [6, 6.07) is 6.43. The van der Waals surface area contributed by atoms with E-state index >= 15 is 0 Å². The highest BCUT2D eigenvalue weighted by molar-refractivity contribution is 6.26. The van der Waals surface area contributed by atoms with Gasteiger partial charge in [-0.05, 0) is 19.9 Å². The summed E-state index contributed by atoms with van der Waals surface area (Å²) >= 11 is 0. The molecule has 4 nitrogen and oxygen atoms in total. The lowest BCUT2D eigenvalue weighted by Crippen LogP contribution is -2.33.